The number of H-pyrrole nitrogens is 1. The molecule has 0 saturated heterocycles. The average molecular weight is 317 g/mol. The number of nitrogens with zero attached hydrogens (tertiary/aromatic N) is 3. The summed E-state index contributed by atoms with van der Waals surface area (Å²) >= 11 is 0. The largest absolute Gasteiger partial charge is 0.352 e. The molecule has 120 valence electrons. The molecule has 4 aromatic rings. The monoisotopic (exact) mass is 317 g/mol. The van der Waals surface area contributed by atoms with Crippen LogP contribution in [-0.4, -0.2) is 26.0 Å². The van der Waals surface area contributed by atoms with Crippen LogP contribution in [0.3, 0.4) is 0 Å². The number of rotatable bonds is 4. The summed E-state index contributed by atoms with van der Waals surface area (Å²) in [5, 5.41) is 5.45. The van der Waals surface area contributed by atoms with Crippen molar-refractivity contribution in [2.24, 2.45) is 0 Å². The highest BCUT2D eigenvalue weighted by atomic mass is 15.1. The highest BCUT2D eigenvalue weighted by Gasteiger charge is 2.10. The van der Waals surface area contributed by atoms with Crippen molar-refractivity contribution in [3.63, 3.8) is 0 Å². The van der Waals surface area contributed by atoms with Crippen molar-refractivity contribution < 1.29 is 0 Å². The predicted molar refractivity (Wildman–Crippen MR) is 98.0 cm³/mol. The van der Waals surface area contributed by atoms with Crippen LogP contribution in [0.1, 0.15) is 20.3 Å². The molecule has 2 N–H and O–H groups in total. The van der Waals surface area contributed by atoms with E-state index in [-0.39, 0.29) is 0 Å². The van der Waals surface area contributed by atoms with Crippen LogP contribution in [0.25, 0.3) is 33.1 Å². The minimum absolute atomic E-state index is 0.352. The van der Waals surface area contributed by atoms with Gasteiger partial charge in [-0.1, -0.05) is 19.1 Å². The van der Waals surface area contributed by atoms with Crippen molar-refractivity contribution >= 4 is 27.9 Å². The number of hydrogen-bond donors (Lipinski definition) is 2. The number of aromatic nitrogens is 4. The van der Waals surface area contributed by atoms with Gasteiger partial charge in [0.1, 0.15) is 5.65 Å². The molecule has 0 amide bonds. The lowest BCUT2D eigenvalue weighted by molar-refractivity contribution is 0.754. The van der Waals surface area contributed by atoms with Gasteiger partial charge in [0.25, 0.3) is 0 Å². The minimum atomic E-state index is 0.352. The zero-order valence-corrected chi connectivity index (χ0v) is 13.7. The molecule has 5 heteroatoms. The first kappa shape index (κ1) is 14.6. The molecule has 1 atom stereocenters. The highest BCUT2D eigenvalue weighted by molar-refractivity contribution is 5.96. The van der Waals surface area contributed by atoms with Gasteiger partial charge in [0.2, 0.25) is 5.95 Å². The second-order valence-electron chi connectivity index (χ2n) is 6.02. The maximum absolute atomic E-state index is 4.58. The number of benzene rings is 1. The topological polar surface area (TPSA) is 66.5 Å². The third-order valence-electron chi connectivity index (χ3n) is 4.33. The third-order valence-corrected chi connectivity index (χ3v) is 4.33. The third kappa shape index (κ3) is 2.58. The van der Waals surface area contributed by atoms with Gasteiger partial charge in [-0.3, -0.25) is 4.98 Å². The maximum Gasteiger partial charge on any atom is 0.224 e. The molecule has 1 aromatic carbocycles. The van der Waals surface area contributed by atoms with Gasteiger partial charge >= 0.3 is 0 Å². The van der Waals surface area contributed by atoms with Gasteiger partial charge in [0.15, 0.2) is 0 Å². The number of nitrogens with one attached hydrogen (secondary N) is 2. The molecule has 0 saturated carbocycles. The molecular weight excluding hydrogens is 298 g/mol. The van der Waals surface area contributed by atoms with E-state index in [1.165, 1.54) is 0 Å². The summed E-state index contributed by atoms with van der Waals surface area (Å²) in [6, 6.07) is 10.7. The molecular formula is C19H19N5. The van der Waals surface area contributed by atoms with Crippen LogP contribution in [0, 0.1) is 0 Å². The molecule has 0 aliphatic heterocycles. The Hall–Kier alpha value is -2.95. The quantitative estimate of drug-likeness (QED) is 0.586. The van der Waals surface area contributed by atoms with Crippen molar-refractivity contribution in [2.45, 2.75) is 26.3 Å². The highest BCUT2D eigenvalue weighted by Crippen LogP contribution is 2.29. The fraction of sp³-hybridized carbons (Fsp3) is 0.211. The summed E-state index contributed by atoms with van der Waals surface area (Å²) in [7, 11) is 0. The van der Waals surface area contributed by atoms with Crippen LogP contribution in [-0.2, 0) is 0 Å². The minimum Gasteiger partial charge on any atom is -0.352 e. The summed E-state index contributed by atoms with van der Waals surface area (Å²) < 4.78 is 0. The Morgan fingerprint density at radius 2 is 2.12 bits per heavy atom. The Kier molecular flexibility index (Phi) is 3.61. The summed E-state index contributed by atoms with van der Waals surface area (Å²) in [6.45, 7) is 4.26. The fourth-order valence-electron chi connectivity index (χ4n) is 2.78. The maximum atomic E-state index is 4.58. The Morgan fingerprint density at radius 1 is 1.21 bits per heavy atom. The van der Waals surface area contributed by atoms with E-state index in [1.54, 1.807) is 0 Å². The van der Waals surface area contributed by atoms with E-state index >= 15 is 0 Å². The zero-order chi connectivity index (χ0) is 16.5. The van der Waals surface area contributed by atoms with E-state index in [4.69, 9.17) is 0 Å². The summed E-state index contributed by atoms with van der Waals surface area (Å²) in [5.41, 5.74) is 4.08. The van der Waals surface area contributed by atoms with Gasteiger partial charge in [-0.15, -0.1) is 0 Å². The van der Waals surface area contributed by atoms with Gasteiger partial charge in [-0.05, 0) is 37.1 Å². The standard InChI is InChI=1S/C19H19N5/c1-3-12(2)23-19-22-11-16-15(10-21-18(16)24-19)13-6-7-17-14(9-13)5-4-8-20-17/h4-12H,3H2,1-2H3,(H2,21,22,23,24)/t12-/m0/s1. The van der Waals surface area contributed by atoms with E-state index in [1.807, 2.05) is 30.7 Å². The van der Waals surface area contributed by atoms with Crippen LogP contribution in [0.15, 0.2) is 48.9 Å². The van der Waals surface area contributed by atoms with Crippen LogP contribution in [0.5, 0.6) is 0 Å². The Bertz CT molecular complexity index is 1000. The molecule has 4 rings (SSSR count). The van der Waals surface area contributed by atoms with Gasteiger partial charge in [-0.25, -0.2) is 4.98 Å². The van der Waals surface area contributed by atoms with E-state index in [0.29, 0.717) is 12.0 Å². The van der Waals surface area contributed by atoms with Crippen molar-refractivity contribution in [3.05, 3.63) is 48.9 Å². The average Bonchev–Trinajstić information content (AvgIpc) is 3.04. The molecule has 0 fully saturated rings. The SMILES string of the molecule is CC[C@H](C)Nc1ncc2c(-c3ccc4ncccc4c3)c[nH]c2n1. The van der Waals surface area contributed by atoms with Crippen LogP contribution < -0.4 is 5.32 Å². The molecule has 0 aliphatic rings. The van der Waals surface area contributed by atoms with Gasteiger partial charge in [0, 0.05) is 41.0 Å². The number of anilines is 1. The lowest BCUT2D eigenvalue weighted by Gasteiger charge is -2.10. The van der Waals surface area contributed by atoms with Crippen molar-refractivity contribution in [2.75, 3.05) is 5.32 Å². The lowest BCUT2D eigenvalue weighted by Crippen LogP contribution is -2.15. The molecule has 5 nitrogen and oxygen atoms in total. The molecule has 24 heavy (non-hydrogen) atoms. The fourth-order valence-corrected chi connectivity index (χ4v) is 2.78. The number of pyridine rings is 1. The first-order valence-electron chi connectivity index (χ1n) is 8.20. The molecule has 3 heterocycles. The molecule has 0 unspecified atom stereocenters. The van der Waals surface area contributed by atoms with Crippen molar-refractivity contribution in [1.29, 1.82) is 0 Å². The van der Waals surface area contributed by atoms with Crippen molar-refractivity contribution in [3.8, 4) is 11.1 Å². The van der Waals surface area contributed by atoms with Crippen molar-refractivity contribution in [1.82, 2.24) is 19.9 Å². The normalized spacial score (nSPS) is 12.6. The first-order chi connectivity index (χ1) is 11.7. The Labute approximate surface area is 140 Å². The predicted octanol–water partition coefficient (Wildman–Crippen LogP) is 4.38. The Morgan fingerprint density at radius 3 is 3.00 bits per heavy atom. The number of aromatic amines is 1. The molecule has 0 radical (unpaired) electrons. The van der Waals surface area contributed by atoms with E-state index in [0.717, 1.165) is 39.5 Å². The molecule has 3 aromatic heterocycles. The van der Waals surface area contributed by atoms with Crippen LogP contribution in [0.4, 0.5) is 5.95 Å². The Balaban J connectivity index is 1.76. The molecule has 0 bridgehead atoms. The van der Waals surface area contributed by atoms with Crippen LogP contribution >= 0.6 is 0 Å². The smallest absolute Gasteiger partial charge is 0.224 e. The van der Waals surface area contributed by atoms with E-state index < -0.39 is 0 Å². The zero-order valence-electron chi connectivity index (χ0n) is 13.7. The van der Waals surface area contributed by atoms with E-state index in [2.05, 4.69) is 57.3 Å². The van der Waals surface area contributed by atoms with Gasteiger partial charge < -0.3 is 10.3 Å². The summed E-state index contributed by atoms with van der Waals surface area (Å²) in [4.78, 5) is 16.7. The summed E-state index contributed by atoms with van der Waals surface area (Å²) in [6.07, 6.45) is 6.71. The number of fused-ring (bicyclic) bond motifs is 2. The van der Waals surface area contributed by atoms with Crippen LogP contribution in [0.2, 0.25) is 0 Å². The second kappa shape index (κ2) is 5.92. The van der Waals surface area contributed by atoms with Gasteiger partial charge in [0.05, 0.1) is 5.52 Å². The second-order valence-corrected chi connectivity index (χ2v) is 6.02. The van der Waals surface area contributed by atoms with Gasteiger partial charge in [-0.2, -0.15) is 4.98 Å². The molecule has 0 spiro atoms. The first-order valence-corrected chi connectivity index (χ1v) is 8.20. The summed E-state index contributed by atoms with van der Waals surface area (Å²) in [5.74, 6) is 0.660. The lowest BCUT2D eigenvalue weighted by atomic mass is 10.0. The van der Waals surface area contributed by atoms with E-state index in [9.17, 15) is 0 Å². The number of hydrogen-bond acceptors (Lipinski definition) is 4. The molecule has 0 aliphatic carbocycles.